The second kappa shape index (κ2) is 5.50. The Bertz CT molecular complexity index is 270. The minimum atomic E-state index is 0.0831. The molecule has 0 aromatic heterocycles. The van der Waals surface area contributed by atoms with Gasteiger partial charge in [-0.3, -0.25) is 0 Å². The van der Waals surface area contributed by atoms with Gasteiger partial charge in [-0.05, 0) is 62.7 Å². The summed E-state index contributed by atoms with van der Waals surface area (Å²) in [4.78, 5) is 0. The highest BCUT2D eigenvalue weighted by Crippen LogP contribution is 2.44. The van der Waals surface area contributed by atoms with Gasteiger partial charge in [-0.2, -0.15) is 0 Å². The molecular formula is C16H31NO. The van der Waals surface area contributed by atoms with Gasteiger partial charge in [-0.25, -0.2) is 0 Å². The summed E-state index contributed by atoms with van der Waals surface area (Å²) in [5, 5.41) is 0. The van der Waals surface area contributed by atoms with E-state index in [-0.39, 0.29) is 5.54 Å². The molecule has 1 saturated carbocycles. The minimum Gasteiger partial charge on any atom is -0.378 e. The molecule has 0 bridgehead atoms. The maximum Gasteiger partial charge on any atom is 0.0576 e. The lowest BCUT2D eigenvalue weighted by Crippen LogP contribution is -2.49. The molecule has 3 unspecified atom stereocenters. The molecule has 0 amide bonds. The SMILES string of the molecule is CC1CC(C)(C)CC(N)(CCCC2CCCO2)C1. The van der Waals surface area contributed by atoms with Crippen molar-refractivity contribution >= 4 is 0 Å². The molecule has 1 aliphatic heterocycles. The third-order valence-corrected chi connectivity index (χ3v) is 4.71. The van der Waals surface area contributed by atoms with Crippen molar-refractivity contribution in [3.05, 3.63) is 0 Å². The molecule has 2 aliphatic rings. The van der Waals surface area contributed by atoms with Gasteiger partial charge in [0.05, 0.1) is 6.10 Å². The van der Waals surface area contributed by atoms with E-state index in [1.165, 1.54) is 51.4 Å². The van der Waals surface area contributed by atoms with Crippen molar-refractivity contribution < 1.29 is 4.74 Å². The second-order valence-corrected chi connectivity index (χ2v) is 7.74. The number of hydrogen-bond acceptors (Lipinski definition) is 2. The highest BCUT2D eigenvalue weighted by molar-refractivity contribution is 4.96. The van der Waals surface area contributed by atoms with Crippen LogP contribution in [-0.4, -0.2) is 18.2 Å². The van der Waals surface area contributed by atoms with Crippen LogP contribution >= 0.6 is 0 Å². The summed E-state index contributed by atoms with van der Waals surface area (Å²) < 4.78 is 5.70. The molecule has 2 fully saturated rings. The van der Waals surface area contributed by atoms with Crippen LogP contribution in [0.2, 0.25) is 0 Å². The fraction of sp³-hybridized carbons (Fsp3) is 1.00. The summed E-state index contributed by atoms with van der Waals surface area (Å²) in [5.41, 5.74) is 7.18. The van der Waals surface area contributed by atoms with Gasteiger partial charge >= 0.3 is 0 Å². The lowest BCUT2D eigenvalue weighted by atomic mass is 9.63. The Kier molecular flexibility index (Phi) is 4.38. The standard InChI is InChI=1S/C16H31NO/c1-13-10-15(2,3)12-16(17,11-13)8-4-6-14-7-5-9-18-14/h13-14H,4-12,17H2,1-3H3. The van der Waals surface area contributed by atoms with Crippen molar-refractivity contribution in [3.8, 4) is 0 Å². The van der Waals surface area contributed by atoms with Gasteiger partial charge in [0.2, 0.25) is 0 Å². The quantitative estimate of drug-likeness (QED) is 0.825. The monoisotopic (exact) mass is 253 g/mol. The van der Waals surface area contributed by atoms with E-state index >= 15 is 0 Å². The van der Waals surface area contributed by atoms with Crippen LogP contribution in [0, 0.1) is 11.3 Å². The van der Waals surface area contributed by atoms with Gasteiger partial charge in [0.15, 0.2) is 0 Å². The molecule has 1 aliphatic carbocycles. The summed E-state index contributed by atoms with van der Waals surface area (Å²) in [5.74, 6) is 0.779. The van der Waals surface area contributed by atoms with Gasteiger partial charge in [0.25, 0.3) is 0 Å². The first kappa shape index (κ1) is 14.3. The lowest BCUT2D eigenvalue weighted by molar-refractivity contribution is 0.0826. The maximum absolute atomic E-state index is 6.67. The molecule has 2 heteroatoms. The highest BCUT2D eigenvalue weighted by atomic mass is 16.5. The van der Waals surface area contributed by atoms with Crippen LogP contribution in [0.1, 0.15) is 72.1 Å². The smallest absolute Gasteiger partial charge is 0.0576 e. The highest BCUT2D eigenvalue weighted by Gasteiger charge is 2.39. The lowest BCUT2D eigenvalue weighted by Gasteiger charge is -2.46. The summed E-state index contributed by atoms with van der Waals surface area (Å²) in [6.45, 7) is 8.10. The van der Waals surface area contributed by atoms with E-state index in [9.17, 15) is 0 Å². The topological polar surface area (TPSA) is 35.2 Å². The third-order valence-electron chi connectivity index (χ3n) is 4.71. The van der Waals surface area contributed by atoms with E-state index in [1.54, 1.807) is 0 Å². The summed E-state index contributed by atoms with van der Waals surface area (Å²) in [6, 6.07) is 0. The van der Waals surface area contributed by atoms with Crippen LogP contribution in [0.25, 0.3) is 0 Å². The van der Waals surface area contributed by atoms with Crippen LogP contribution in [0.5, 0.6) is 0 Å². The molecule has 2 rings (SSSR count). The number of nitrogens with two attached hydrogens (primary N) is 1. The Balaban J connectivity index is 1.79. The largest absolute Gasteiger partial charge is 0.378 e. The van der Waals surface area contributed by atoms with Crippen LogP contribution < -0.4 is 5.73 Å². The first-order valence-corrected chi connectivity index (χ1v) is 7.79. The Hall–Kier alpha value is -0.0800. The number of rotatable bonds is 4. The second-order valence-electron chi connectivity index (χ2n) is 7.74. The molecule has 0 spiro atoms. The average Bonchev–Trinajstić information content (AvgIpc) is 2.65. The van der Waals surface area contributed by atoms with Crippen molar-refractivity contribution in [2.24, 2.45) is 17.1 Å². The number of hydrogen-bond donors (Lipinski definition) is 1. The predicted octanol–water partition coefficient (Wildman–Crippen LogP) is 3.88. The fourth-order valence-electron chi connectivity index (χ4n) is 4.55. The summed E-state index contributed by atoms with van der Waals surface area (Å²) >= 11 is 0. The van der Waals surface area contributed by atoms with E-state index in [4.69, 9.17) is 10.5 Å². The van der Waals surface area contributed by atoms with Crippen molar-refractivity contribution in [2.45, 2.75) is 83.8 Å². The van der Waals surface area contributed by atoms with E-state index in [2.05, 4.69) is 20.8 Å². The Labute approximate surface area is 113 Å². The molecule has 106 valence electrons. The minimum absolute atomic E-state index is 0.0831. The predicted molar refractivity (Wildman–Crippen MR) is 76.5 cm³/mol. The fourth-order valence-corrected chi connectivity index (χ4v) is 4.55. The molecular weight excluding hydrogens is 222 g/mol. The Morgan fingerprint density at radius 1 is 1.28 bits per heavy atom. The van der Waals surface area contributed by atoms with Crippen molar-refractivity contribution in [3.63, 3.8) is 0 Å². The van der Waals surface area contributed by atoms with Crippen molar-refractivity contribution in [2.75, 3.05) is 6.61 Å². The molecule has 2 N–H and O–H groups in total. The summed E-state index contributed by atoms with van der Waals surface area (Å²) in [6.07, 6.45) is 10.4. The van der Waals surface area contributed by atoms with E-state index in [0.29, 0.717) is 11.5 Å². The van der Waals surface area contributed by atoms with Gasteiger partial charge < -0.3 is 10.5 Å². The third kappa shape index (κ3) is 3.96. The molecule has 2 nitrogen and oxygen atoms in total. The first-order chi connectivity index (χ1) is 8.39. The zero-order valence-electron chi connectivity index (χ0n) is 12.5. The molecule has 18 heavy (non-hydrogen) atoms. The van der Waals surface area contributed by atoms with Crippen LogP contribution in [0.3, 0.4) is 0 Å². The zero-order chi connectivity index (χ0) is 13.2. The van der Waals surface area contributed by atoms with Gasteiger partial charge in [0, 0.05) is 12.1 Å². The van der Waals surface area contributed by atoms with Gasteiger partial charge in [-0.1, -0.05) is 20.8 Å². The van der Waals surface area contributed by atoms with Gasteiger partial charge in [-0.15, -0.1) is 0 Å². The normalized spacial score (nSPS) is 40.0. The van der Waals surface area contributed by atoms with E-state index < -0.39 is 0 Å². The Morgan fingerprint density at radius 2 is 2.06 bits per heavy atom. The van der Waals surface area contributed by atoms with Crippen LogP contribution in [0.15, 0.2) is 0 Å². The van der Waals surface area contributed by atoms with Gasteiger partial charge in [0.1, 0.15) is 0 Å². The van der Waals surface area contributed by atoms with E-state index in [1.807, 2.05) is 0 Å². The first-order valence-electron chi connectivity index (χ1n) is 7.79. The molecule has 1 heterocycles. The molecule has 0 aromatic carbocycles. The Morgan fingerprint density at radius 3 is 2.67 bits per heavy atom. The van der Waals surface area contributed by atoms with Crippen molar-refractivity contribution in [1.82, 2.24) is 0 Å². The molecule has 0 aromatic rings. The summed E-state index contributed by atoms with van der Waals surface area (Å²) in [7, 11) is 0. The van der Waals surface area contributed by atoms with Crippen molar-refractivity contribution in [1.29, 1.82) is 0 Å². The van der Waals surface area contributed by atoms with Crippen LogP contribution in [0.4, 0.5) is 0 Å². The molecule has 0 radical (unpaired) electrons. The number of ether oxygens (including phenoxy) is 1. The molecule has 3 atom stereocenters. The zero-order valence-corrected chi connectivity index (χ0v) is 12.5. The van der Waals surface area contributed by atoms with Crippen LogP contribution in [-0.2, 0) is 4.74 Å². The van der Waals surface area contributed by atoms with E-state index in [0.717, 1.165) is 12.5 Å². The molecule has 1 saturated heterocycles. The maximum atomic E-state index is 6.67. The average molecular weight is 253 g/mol.